The zero-order chi connectivity index (χ0) is 17.3. The summed E-state index contributed by atoms with van der Waals surface area (Å²) in [6.45, 7) is 6.42. The van der Waals surface area contributed by atoms with Crippen LogP contribution in [0.5, 0.6) is 5.75 Å². The van der Waals surface area contributed by atoms with E-state index in [1.807, 2.05) is 57.2 Å². The number of carboxylic acid groups (broad SMARTS) is 1. The summed E-state index contributed by atoms with van der Waals surface area (Å²) in [6, 6.07) is 12.9. The predicted octanol–water partition coefficient (Wildman–Crippen LogP) is 4.62. The molecule has 24 heavy (non-hydrogen) atoms. The number of pyridine rings is 1. The summed E-state index contributed by atoms with van der Waals surface area (Å²) in [5.74, 6) is -0.255. The van der Waals surface area contributed by atoms with Crippen molar-refractivity contribution in [2.75, 3.05) is 6.61 Å². The van der Waals surface area contributed by atoms with Gasteiger partial charge in [0.2, 0.25) is 0 Å². The van der Waals surface area contributed by atoms with Crippen LogP contribution >= 0.6 is 0 Å². The molecule has 0 bridgehead atoms. The normalized spacial score (nSPS) is 10.8. The van der Waals surface area contributed by atoms with Gasteiger partial charge in [0.25, 0.3) is 0 Å². The molecule has 3 rings (SSSR count). The molecular formula is C20H19NO3. The molecule has 0 aliphatic heterocycles. The number of rotatable bonds is 4. The van der Waals surface area contributed by atoms with Crippen LogP contribution in [0.2, 0.25) is 0 Å². The number of hydrogen-bond acceptors (Lipinski definition) is 3. The van der Waals surface area contributed by atoms with Crippen molar-refractivity contribution >= 4 is 16.9 Å². The van der Waals surface area contributed by atoms with Gasteiger partial charge < -0.3 is 9.84 Å². The molecule has 0 spiro atoms. The Balaban J connectivity index is 2.34. The maximum absolute atomic E-state index is 11.7. The van der Waals surface area contributed by atoms with Crippen LogP contribution in [0.15, 0.2) is 42.5 Å². The van der Waals surface area contributed by atoms with Crippen LogP contribution in [-0.4, -0.2) is 22.7 Å². The molecule has 0 amide bonds. The van der Waals surface area contributed by atoms with Crippen molar-refractivity contribution < 1.29 is 14.6 Å². The fraction of sp³-hybridized carbons (Fsp3) is 0.200. The number of aromatic nitrogens is 1. The fourth-order valence-electron chi connectivity index (χ4n) is 2.80. The number of para-hydroxylation sites is 1. The number of aryl methyl sites for hydroxylation is 2. The zero-order valence-electron chi connectivity index (χ0n) is 14.0. The number of carboxylic acids is 1. The van der Waals surface area contributed by atoms with E-state index >= 15 is 0 Å². The average Bonchev–Trinajstić information content (AvgIpc) is 2.58. The van der Waals surface area contributed by atoms with E-state index < -0.39 is 5.97 Å². The fourth-order valence-corrected chi connectivity index (χ4v) is 2.80. The van der Waals surface area contributed by atoms with Crippen molar-refractivity contribution in [3.05, 3.63) is 59.2 Å². The maximum Gasteiger partial charge on any atom is 0.336 e. The summed E-state index contributed by atoms with van der Waals surface area (Å²) < 4.78 is 5.67. The second-order valence-electron chi connectivity index (χ2n) is 5.69. The molecule has 1 heterocycles. The van der Waals surface area contributed by atoms with Gasteiger partial charge in [0.15, 0.2) is 0 Å². The molecule has 0 radical (unpaired) electrons. The van der Waals surface area contributed by atoms with Gasteiger partial charge in [-0.05, 0) is 50.1 Å². The lowest BCUT2D eigenvalue weighted by molar-refractivity contribution is 0.0699. The molecule has 0 saturated carbocycles. The molecular weight excluding hydrogens is 302 g/mol. The minimum atomic E-state index is -0.958. The summed E-state index contributed by atoms with van der Waals surface area (Å²) in [5, 5.41) is 10.3. The Morgan fingerprint density at radius 3 is 2.62 bits per heavy atom. The maximum atomic E-state index is 11.7. The first-order valence-electron chi connectivity index (χ1n) is 7.89. The Morgan fingerprint density at radius 2 is 1.92 bits per heavy atom. The van der Waals surface area contributed by atoms with Crippen LogP contribution in [0.3, 0.4) is 0 Å². The molecule has 0 fully saturated rings. The highest BCUT2D eigenvalue weighted by Crippen LogP contribution is 2.33. The summed E-state index contributed by atoms with van der Waals surface area (Å²) in [4.78, 5) is 16.5. The first-order valence-corrected chi connectivity index (χ1v) is 7.89. The largest absolute Gasteiger partial charge is 0.493 e. The number of hydrogen-bond donors (Lipinski definition) is 1. The zero-order valence-corrected chi connectivity index (χ0v) is 14.0. The van der Waals surface area contributed by atoms with Gasteiger partial charge in [0.05, 0.1) is 23.4 Å². The highest BCUT2D eigenvalue weighted by Gasteiger charge is 2.16. The minimum absolute atomic E-state index is 0.254. The minimum Gasteiger partial charge on any atom is -0.493 e. The van der Waals surface area contributed by atoms with Gasteiger partial charge in [-0.3, -0.25) is 0 Å². The number of aromatic carboxylic acids is 1. The van der Waals surface area contributed by atoms with Crippen molar-refractivity contribution in [1.29, 1.82) is 0 Å². The highest BCUT2D eigenvalue weighted by atomic mass is 16.5. The Morgan fingerprint density at radius 1 is 1.17 bits per heavy atom. The van der Waals surface area contributed by atoms with Crippen LogP contribution in [0.4, 0.5) is 0 Å². The standard InChI is InChI=1S/C20H19NO3/c1-4-24-18-8-6-5-7-15(18)17-11-16(20(22)23)14-10-9-12(2)13(3)19(14)21-17/h5-11H,4H2,1-3H3,(H,22,23). The van der Waals surface area contributed by atoms with Crippen LogP contribution in [0, 0.1) is 13.8 Å². The molecule has 0 unspecified atom stereocenters. The van der Waals surface area contributed by atoms with E-state index in [2.05, 4.69) is 0 Å². The van der Waals surface area contributed by atoms with Gasteiger partial charge in [-0.25, -0.2) is 9.78 Å². The van der Waals surface area contributed by atoms with Crippen molar-refractivity contribution in [1.82, 2.24) is 4.98 Å². The third kappa shape index (κ3) is 2.71. The van der Waals surface area contributed by atoms with Gasteiger partial charge in [0, 0.05) is 10.9 Å². The number of fused-ring (bicyclic) bond motifs is 1. The van der Waals surface area contributed by atoms with E-state index in [0.717, 1.165) is 22.2 Å². The van der Waals surface area contributed by atoms with Crippen molar-refractivity contribution in [3.63, 3.8) is 0 Å². The van der Waals surface area contributed by atoms with Crippen LogP contribution < -0.4 is 4.74 Å². The molecule has 0 atom stereocenters. The van der Waals surface area contributed by atoms with Crippen molar-refractivity contribution in [3.8, 4) is 17.0 Å². The number of nitrogens with zero attached hydrogens (tertiary/aromatic N) is 1. The van der Waals surface area contributed by atoms with Gasteiger partial charge in [-0.15, -0.1) is 0 Å². The summed E-state index contributed by atoms with van der Waals surface area (Å²) in [5.41, 5.74) is 4.45. The lowest BCUT2D eigenvalue weighted by atomic mass is 9.99. The van der Waals surface area contributed by atoms with Gasteiger partial charge in [0.1, 0.15) is 5.75 Å². The molecule has 2 aromatic carbocycles. The molecule has 4 heteroatoms. The average molecular weight is 321 g/mol. The van der Waals surface area contributed by atoms with Crippen LogP contribution in [0.1, 0.15) is 28.4 Å². The molecule has 0 aliphatic rings. The molecule has 4 nitrogen and oxygen atoms in total. The highest BCUT2D eigenvalue weighted by molar-refractivity contribution is 6.04. The monoisotopic (exact) mass is 321 g/mol. The third-order valence-electron chi connectivity index (χ3n) is 4.20. The summed E-state index contributed by atoms with van der Waals surface area (Å²) >= 11 is 0. The lowest BCUT2D eigenvalue weighted by Crippen LogP contribution is -2.03. The first kappa shape index (κ1) is 16.0. The van der Waals surface area contributed by atoms with Crippen LogP contribution in [-0.2, 0) is 0 Å². The van der Waals surface area contributed by atoms with Gasteiger partial charge >= 0.3 is 5.97 Å². The summed E-state index contributed by atoms with van der Waals surface area (Å²) in [6.07, 6.45) is 0. The third-order valence-corrected chi connectivity index (χ3v) is 4.20. The van der Waals surface area contributed by atoms with E-state index in [0.29, 0.717) is 23.4 Å². The topological polar surface area (TPSA) is 59.4 Å². The smallest absolute Gasteiger partial charge is 0.336 e. The second kappa shape index (κ2) is 6.32. The van der Waals surface area contributed by atoms with E-state index in [-0.39, 0.29) is 5.56 Å². The second-order valence-corrected chi connectivity index (χ2v) is 5.69. The van der Waals surface area contributed by atoms with E-state index in [1.165, 1.54) is 0 Å². The Labute approximate surface area is 140 Å². The van der Waals surface area contributed by atoms with Crippen molar-refractivity contribution in [2.45, 2.75) is 20.8 Å². The molecule has 0 aliphatic carbocycles. The molecule has 1 N–H and O–H groups in total. The van der Waals surface area contributed by atoms with E-state index in [9.17, 15) is 9.90 Å². The Bertz CT molecular complexity index is 932. The van der Waals surface area contributed by atoms with E-state index in [1.54, 1.807) is 6.07 Å². The predicted molar refractivity (Wildman–Crippen MR) is 94.8 cm³/mol. The number of carbonyl (C=O) groups is 1. The lowest BCUT2D eigenvalue weighted by Gasteiger charge is -2.13. The summed E-state index contributed by atoms with van der Waals surface area (Å²) in [7, 11) is 0. The number of benzene rings is 2. The first-order chi connectivity index (χ1) is 11.5. The van der Waals surface area contributed by atoms with Gasteiger partial charge in [-0.2, -0.15) is 0 Å². The quantitative estimate of drug-likeness (QED) is 0.762. The molecule has 3 aromatic rings. The Kier molecular flexibility index (Phi) is 4.21. The molecule has 1 aromatic heterocycles. The van der Waals surface area contributed by atoms with Crippen molar-refractivity contribution in [2.24, 2.45) is 0 Å². The molecule has 122 valence electrons. The van der Waals surface area contributed by atoms with E-state index in [4.69, 9.17) is 9.72 Å². The number of ether oxygens (including phenoxy) is 1. The van der Waals surface area contributed by atoms with Crippen LogP contribution in [0.25, 0.3) is 22.2 Å². The SMILES string of the molecule is CCOc1ccccc1-c1cc(C(=O)O)c2ccc(C)c(C)c2n1. The van der Waals surface area contributed by atoms with Gasteiger partial charge in [-0.1, -0.05) is 24.3 Å². The molecule has 0 saturated heterocycles. The Hall–Kier alpha value is -2.88.